The minimum atomic E-state index is -0.811. The maximum Gasteiger partial charge on any atom is 0.307 e. The van der Waals surface area contributed by atoms with Crippen LogP contribution >= 0.6 is 0 Å². The van der Waals surface area contributed by atoms with Crippen LogP contribution in [0.4, 0.5) is 0 Å². The molecule has 1 aromatic carbocycles. The summed E-state index contributed by atoms with van der Waals surface area (Å²) in [6, 6.07) is 7.54. The molecule has 0 spiro atoms. The lowest BCUT2D eigenvalue weighted by atomic mass is 10.1. The van der Waals surface area contributed by atoms with Gasteiger partial charge < -0.3 is 15.5 Å². The third-order valence-electron chi connectivity index (χ3n) is 2.83. The van der Waals surface area contributed by atoms with E-state index in [1.54, 1.807) is 0 Å². The molecule has 0 aliphatic heterocycles. The quantitative estimate of drug-likeness (QED) is 0.613. The Morgan fingerprint density at radius 3 is 2.44 bits per heavy atom. The van der Waals surface area contributed by atoms with Crippen LogP contribution < -0.4 is 5.32 Å². The Morgan fingerprint density at radius 2 is 1.89 bits per heavy atom. The van der Waals surface area contributed by atoms with Crippen molar-refractivity contribution in [3.8, 4) is 0 Å². The van der Waals surface area contributed by atoms with Gasteiger partial charge >= 0.3 is 5.97 Å². The third-order valence-corrected chi connectivity index (χ3v) is 2.83. The van der Waals surface area contributed by atoms with E-state index < -0.39 is 5.97 Å². The van der Waals surface area contributed by atoms with Gasteiger partial charge in [-0.05, 0) is 30.5 Å². The average Bonchev–Trinajstić information content (AvgIpc) is 2.35. The molecule has 0 fully saturated rings. The molecule has 3 N–H and O–H groups in total. The maximum absolute atomic E-state index is 10.5. The summed E-state index contributed by atoms with van der Waals surface area (Å²) in [5.41, 5.74) is 1.93. The van der Waals surface area contributed by atoms with Crippen LogP contribution in [0.25, 0.3) is 0 Å². The molecule has 0 aliphatic carbocycles. The van der Waals surface area contributed by atoms with Crippen molar-refractivity contribution in [2.75, 3.05) is 6.54 Å². The minimum Gasteiger partial charge on any atom is -0.481 e. The molecule has 4 nitrogen and oxygen atoms in total. The van der Waals surface area contributed by atoms with Crippen LogP contribution in [0.5, 0.6) is 0 Å². The van der Waals surface area contributed by atoms with E-state index in [4.69, 9.17) is 5.11 Å². The van der Waals surface area contributed by atoms with E-state index in [9.17, 15) is 9.90 Å². The summed E-state index contributed by atoms with van der Waals surface area (Å²) in [5.74, 6) is -0.811. The zero-order valence-electron chi connectivity index (χ0n) is 10.7. The Bertz CT molecular complexity index is 362. The van der Waals surface area contributed by atoms with Crippen LogP contribution in [0.2, 0.25) is 0 Å². The van der Waals surface area contributed by atoms with Crippen molar-refractivity contribution in [3.05, 3.63) is 35.4 Å². The number of aliphatic hydroxyl groups is 1. The topological polar surface area (TPSA) is 69.6 Å². The van der Waals surface area contributed by atoms with E-state index in [0.29, 0.717) is 0 Å². The van der Waals surface area contributed by atoms with E-state index in [2.05, 4.69) is 5.32 Å². The lowest BCUT2D eigenvalue weighted by Crippen LogP contribution is -2.19. The number of carbonyl (C=O) groups is 1. The SMILES string of the molecule is CCC(O)CCNCc1ccc(CC(=O)O)cc1. The molecule has 0 radical (unpaired) electrons. The highest BCUT2D eigenvalue weighted by atomic mass is 16.4. The van der Waals surface area contributed by atoms with E-state index in [1.807, 2.05) is 31.2 Å². The zero-order chi connectivity index (χ0) is 13.4. The largest absolute Gasteiger partial charge is 0.481 e. The van der Waals surface area contributed by atoms with Crippen LogP contribution in [-0.2, 0) is 17.8 Å². The van der Waals surface area contributed by atoms with Gasteiger partial charge in [-0.15, -0.1) is 0 Å². The van der Waals surface area contributed by atoms with Crippen molar-refractivity contribution in [3.63, 3.8) is 0 Å². The number of carboxylic acids is 1. The molecule has 18 heavy (non-hydrogen) atoms. The van der Waals surface area contributed by atoms with Crippen LogP contribution in [0, 0.1) is 0 Å². The van der Waals surface area contributed by atoms with Gasteiger partial charge in [0.05, 0.1) is 12.5 Å². The predicted octanol–water partition coefficient (Wildman–Crippen LogP) is 1.56. The molecule has 0 amide bonds. The molecule has 1 aromatic rings. The number of hydrogen-bond acceptors (Lipinski definition) is 3. The highest BCUT2D eigenvalue weighted by Crippen LogP contribution is 2.05. The fraction of sp³-hybridized carbons (Fsp3) is 0.500. The normalized spacial score (nSPS) is 12.3. The second-order valence-electron chi connectivity index (χ2n) is 4.41. The van der Waals surface area contributed by atoms with Crippen LogP contribution in [0.1, 0.15) is 30.9 Å². The summed E-state index contributed by atoms with van der Waals surface area (Å²) >= 11 is 0. The molecule has 100 valence electrons. The van der Waals surface area contributed by atoms with Crippen LogP contribution in [0.3, 0.4) is 0 Å². The fourth-order valence-corrected chi connectivity index (χ4v) is 1.66. The summed E-state index contributed by atoms with van der Waals surface area (Å²) in [6.45, 7) is 3.49. The van der Waals surface area contributed by atoms with Gasteiger partial charge in [-0.3, -0.25) is 4.79 Å². The molecular weight excluding hydrogens is 230 g/mol. The zero-order valence-corrected chi connectivity index (χ0v) is 10.7. The minimum absolute atomic E-state index is 0.0659. The average molecular weight is 251 g/mol. The standard InChI is InChI=1S/C14H21NO3/c1-2-13(16)7-8-15-10-12-5-3-11(4-6-12)9-14(17)18/h3-6,13,15-16H,2,7-10H2,1H3,(H,17,18). The number of carboxylic acid groups (broad SMARTS) is 1. The summed E-state index contributed by atoms with van der Waals surface area (Å²) in [5, 5.41) is 21.3. The Hall–Kier alpha value is -1.39. The molecule has 0 saturated heterocycles. The molecular formula is C14H21NO3. The molecule has 0 aliphatic rings. The number of benzene rings is 1. The Balaban J connectivity index is 2.28. The number of rotatable bonds is 8. The van der Waals surface area contributed by atoms with Gasteiger partial charge in [-0.25, -0.2) is 0 Å². The monoisotopic (exact) mass is 251 g/mol. The third kappa shape index (κ3) is 5.80. The first-order valence-corrected chi connectivity index (χ1v) is 6.30. The molecule has 1 atom stereocenters. The number of hydrogen-bond donors (Lipinski definition) is 3. The summed E-state index contributed by atoms with van der Waals surface area (Å²) in [4.78, 5) is 10.5. The molecule has 0 aromatic heterocycles. The Labute approximate surface area is 108 Å². The van der Waals surface area contributed by atoms with Crippen LogP contribution in [0.15, 0.2) is 24.3 Å². The smallest absolute Gasteiger partial charge is 0.307 e. The molecule has 0 saturated carbocycles. The van der Waals surface area contributed by atoms with Gasteiger partial charge in [0.2, 0.25) is 0 Å². The maximum atomic E-state index is 10.5. The predicted molar refractivity (Wildman–Crippen MR) is 70.4 cm³/mol. The lowest BCUT2D eigenvalue weighted by Gasteiger charge is -2.09. The van der Waals surface area contributed by atoms with Crippen LogP contribution in [-0.4, -0.2) is 28.8 Å². The van der Waals surface area contributed by atoms with Gasteiger partial charge in [-0.1, -0.05) is 31.2 Å². The van der Waals surface area contributed by atoms with Gasteiger partial charge in [0, 0.05) is 6.54 Å². The van der Waals surface area contributed by atoms with E-state index >= 15 is 0 Å². The van der Waals surface area contributed by atoms with Gasteiger partial charge in [0.25, 0.3) is 0 Å². The van der Waals surface area contributed by atoms with Crippen molar-refractivity contribution in [1.82, 2.24) is 5.32 Å². The van der Waals surface area contributed by atoms with Gasteiger partial charge in [0.1, 0.15) is 0 Å². The first kappa shape index (κ1) is 14.7. The van der Waals surface area contributed by atoms with Crippen molar-refractivity contribution in [1.29, 1.82) is 0 Å². The molecule has 0 bridgehead atoms. The lowest BCUT2D eigenvalue weighted by molar-refractivity contribution is -0.136. The summed E-state index contributed by atoms with van der Waals surface area (Å²) < 4.78 is 0. The molecule has 0 heterocycles. The highest BCUT2D eigenvalue weighted by molar-refractivity contribution is 5.70. The van der Waals surface area contributed by atoms with Crippen molar-refractivity contribution in [2.45, 2.75) is 38.8 Å². The van der Waals surface area contributed by atoms with E-state index in [-0.39, 0.29) is 12.5 Å². The van der Waals surface area contributed by atoms with E-state index in [1.165, 1.54) is 0 Å². The highest BCUT2D eigenvalue weighted by Gasteiger charge is 2.01. The van der Waals surface area contributed by atoms with Crippen molar-refractivity contribution < 1.29 is 15.0 Å². The Kier molecular flexibility index (Phi) is 6.39. The number of nitrogens with one attached hydrogen (secondary N) is 1. The molecule has 4 heteroatoms. The van der Waals surface area contributed by atoms with E-state index in [0.717, 1.165) is 37.1 Å². The molecule has 1 unspecified atom stereocenters. The first-order valence-electron chi connectivity index (χ1n) is 6.30. The summed E-state index contributed by atoms with van der Waals surface area (Å²) in [7, 11) is 0. The van der Waals surface area contributed by atoms with Gasteiger partial charge in [0.15, 0.2) is 0 Å². The summed E-state index contributed by atoms with van der Waals surface area (Å²) in [6.07, 6.45) is 1.38. The van der Waals surface area contributed by atoms with Gasteiger partial charge in [-0.2, -0.15) is 0 Å². The molecule has 1 rings (SSSR count). The van der Waals surface area contributed by atoms with Crippen molar-refractivity contribution in [2.24, 2.45) is 0 Å². The van der Waals surface area contributed by atoms with Crippen molar-refractivity contribution >= 4 is 5.97 Å². The number of aliphatic hydroxyl groups excluding tert-OH is 1. The fourth-order valence-electron chi connectivity index (χ4n) is 1.66. The second-order valence-corrected chi connectivity index (χ2v) is 4.41. The Morgan fingerprint density at radius 1 is 1.28 bits per heavy atom. The number of aliphatic carboxylic acids is 1. The second kappa shape index (κ2) is 7.84. The first-order chi connectivity index (χ1) is 8.61.